The molecular weight excluding hydrogens is 593 g/mol. The van der Waals surface area contributed by atoms with Gasteiger partial charge in [0.05, 0.1) is 21.8 Å². The highest BCUT2D eigenvalue weighted by Gasteiger charge is 2.70. The monoisotopic (exact) mass is 616 g/mol. The molecule has 2 saturated carbocycles. The molecule has 14 heteroatoms. The van der Waals surface area contributed by atoms with Gasteiger partial charge in [0.1, 0.15) is 6.04 Å². The van der Waals surface area contributed by atoms with Crippen LogP contribution in [0.25, 0.3) is 0 Å². The van der Waals surface area contributed by atoms with Gasteiger partial charge in [-0.15, -0.1) is 23.1 Å². The van der Waals surface area contributed by atoms with Crippen molar-refractivity contribution < 1.29 is 22.8 Å². The van der Waals surface area contributed by atoms with Gasteiger partial charge in [0, 0.05) is 26.6 Å². The largest absolute Gasteiger partial charge is 0.324 e. The number of carbonyl (C=O) groups is 3. The van der Waals surface area contributed by atoms with Crippen molar-refractivity contribution in [3.63, 3.8) is 0 Å². The van der Waals surface area contributed by atoms with Crippen LogP contribution in [-0.2, 0) is 24.4 Å². The summed E-state index contributed by atoms with van der Waals surface area (Å²) in [4.78, 5) is 59.2. The molecule has 4 N–H and O–H groups in total. The Morgan fingerprint density at radius 2 is 1.80 bits per heavy atom. The molecule has 3 aromatic rings. The van der Waals surface area contributed by atoms with Crippen LogP contribution in [0, 0.1) is 29.6 Å². The second kappa shape index (κ2) is 9.11. The quantitative estimate of drug-likeness (QED) is 0.372. The maximum Gasteiger partial charge on any atom is 0.305 e. The number of carbonyl (C=O) groups excluding carboxylic acids is 3. The molecule has 2 bridgehead atoms. The molecule has 1 aromatic carbocycles. The van der Waals surface area contributed by atoms with E-state index in [1.807, 2.05) is 11.4 Å². The van der Waals surface area contributed by atoms with Gasteiger partial charge in [0.25, 0.3) is 0 Å². The third kappa shape index (κ3) is 3.80. The molecule has 2 aromatic heterocycles. The number of fused-ring (bicyclic) bond motifs is 9. The molecular formula is C26H24N4O6S4. The zero-order valence-corrected chi connectivity index (χ0v) is 24.2. The highest BCUT2D eigenvalue weighted by molar-refractivity contribution is 8.00. The Labute approximate surface area is 241 Å². The van der Waals surface area contributed by atoms with Gasteiger partial charge >= 0.3 is 4.87 Å². The number of hydrogen-bond acceptors (Lipinski definition) is 9. The Morgan fingerprint density at radius 1 is 1.10 bits per heavy atom. The number of H-pyrrole nitrogens is 1. The zero-order valence-electron chi connectivity index (χ0n) is 21.0. The van der Waals surface area contributed by atoms with E-state index < -0.39 is 33.8 Å². The summed E-state index contributed by atoms with van der Waals surface area (Å²) in [5.74, 6) is -2.05. The first kappa shape index (κ1) is 26.1. The highest BCUT2D eigenvalue weighted by atomic mass is 32.2. The van der Waals surface area contributed by atoms with Gasteiger partial charge in [-0.05, 0) is 66.8 Å². The average molecular weight is 617 g/mol. The molecule has 3 fully saturated rings. The number of thiazole rings is 1. The molecule has 0 radical (unpaired) electrons. The summed E-state index contributed by atoms with van der Waals surface area (Å²) in [5, 5.41) is 10.8. The summed E-state index contributed by atoms with van der Waals surface area (Å²) >= 11 is 4.51. The van der Waals surface area contributed by atoms with Crippen LogP contribution in [0.5, 0.6) is 0 Å². The third-order valence-electron chi connectivity index (χ3n) is 8.82. The highest BCUT2D eigenvalue weighted by Crippen LogP contribution is 2.68. The van der Waals surface area contributed by atoms with Gasteiger partial charge in [-0.2, -0.15) is 0 Å². The van der Waals surface area contributed by atoms with Crippen LogP contribution in [0.2, 0.25) is 0 Å². The summed E-state index contributed by atoms with van der Waals surface area (Å²) in [6.07, 6.45) is 0.779. The lowest BCUT2D eigenvalue weighted by Crippen LogP contribution is -2.46. The van der Waals surface area contributed by atoms with Crippen LogP contribution >= 0.6 is 34.4 Å². The number of thiophene rings is 1. The van der Waals surface area contributed by atoms with Crippen molar-refractivity contribution in [3.8, 4) is 0 Å². The van der Waals surface area contributed by atoms with Gasteiger partial charge < -0.3 is 10.3 Å². The number of aromatic nitrogens is 1. The first-order valence-electron chi connectivity index (χ1n) is 12.8. The Kier molecular flexibility index (Phi) is 5.95. The first-order valence-corrected chi connectivity index (χ1v) is 16.9. The number of primary sulfonamides is 1. The minimum Gasteiger partial charge on any atom is -0.324 e. The number of hydrogen-bond donors (Lipinski definition) is 3. The number of nitrogens with zero attached hydrogens (tertiary/aromatic N) is 1. The summed E-state index contributed by atoms with van der Waals surface area (Å²) < 4.78 is 23.0. The molecule has 208 valence electrons. The van der Waals surface area contributed by atoms with Gasteiger partial charge in [0.15, 0.2) is 0 Å². The first-order chi connectivity index (χ1) is 19.0. The molecule has 8 unspecified atom stereocenters. The molecule has 2 aliphatic carbocycles. The van der Waals surface area contributed by atoms with E-state index in [4.69, 9.17) is 5.14 Å². The molecule has 1 saturated heterocycles. The fourth-order valence-electron chi connectivity index (χ4n) is 7.30. The number of sulfonamides is 1. The van der Waals surface area contributed by atoms with Crippen molar-refractivity contribution in [2.45, 2.75) is 40.5 Å². The number of likely N-dealkylation sites (tertiary alicyclic amines) is 1. The van der Waals surface area contributed by atoms with Crippen molar-refractivity contribution in [2.24, 2.45) is 34.7 Å². The molecule has 0 spiro atoms. The number of thioether (sulfide) groups is 1. The van der Waals surface area contributed by atoms with Crippen LogP contribution in [0.3, 0.4) is 0 Å². The molecule has 8 atom stereocenters. The molecule has 40 heavy (non-hydrogen) atoms. The summed E-state index contributed by atoms with van der Waals surface area (Å²) in [6.45, 7) is 1.53. The van der Waals surface area contributed by atoms with Crippen LogP contribution in [0.4, 0.5) is 5.69 Å². The van der Waals surface area contributed by atoms with Gasteiger partial charge in [0.2, 0.25) is 27.7 Å². The summed E-state index contributed by atoms with van der Waals surface area (Å²) in [6, 6.07) is 8.40. The van der Waals surface area contributed by atoms with E-state index in [1.165, 1.54) is 42.5 Å². The van der Waals surface area contributed by atoms with Crippen LogP contribution in [0.15, 0.2) is 56.5 Å². The molecule has 2 aliphatic heterocycles. The smallest absolute Gasteiger partial charge is 0.305 e. The van der Waals surface area contributed by atoms with Crippen molar-refractivity contribution in [3.05, 3.63) is 61.2 Å². The minimum atomic E-state index is -3.88. The normalized spacial score (nSPS) is 31.1. The van der Waals surface area contributed by atoms with E-state index in [0.717, 1.165) is 26.1 Å². The van der Waals surface area contributed by atoms with E-state index in [0.29, 0.717) is 5.69 Å². The van der Waals surface area contributed by atoms with Gasteiger partial charge in [-0.25, -0.2) is 13.6 Å². The average Bonchev–Trinajstić information content (AvgIpc) is 3.71. The SMILES string of the molecule is CC(C(=O)Nc1ccc(S(N)(=O)=O)cc1)N1C(=O)C2C3CC(C2C1=O)C1C(c2cccs2)c2sc(=O)[nH]c2SC31. The Morgan fingerprint density at radius 3 is 2.45 bits per heavy atom. The standard InChI is InChI=1S/C26H24N4O6S4/c1-10(22(31)28-11-4-6-12(7-5-11)40(27,35)36)30-24(32)17-13-9-14(18(17)25(30)33)20-16(13)19(15-3-2-8-37-15)21-23(38-20)29-26(34)39-21/h2-8,10,13-14,16-20H,9H2,1H3,(H,28,31)(H,29,34)(H2,27,35,36). The van der Waals surface area contributed by atoms with Crippen molar-refractivity contribution in [1.82, 2.24) is 9.88 Å². The molecule has 4 aliphatic rings. The van der Waals surface area contributed by atoms with E-state index in [1.54, 1.807) is 23.1 Å². The fourth-order valence-corrected chi connectivity index (χ4v) is 11.7. The van der Waals surface area contributed by atoms with Crippen molar-refractivity contribution in [1.29, 1.82) is 0 Å². The van der Waals surface area contributed by atoms with Gasteiger partial charge in [-0.1, -0.05) is 17.4 Å². The third-order valence-corrected chi connectivity index (χ3v) is 13.3. The predicted molar refractivity (Wildman–Crippen MR) is 151 cm³/mol. The number of anilines is 1. The lowest BCUT2D eigenvalue weighted by Gasteiger charge is -2.42. The minimum absolute atomic E-state index is 0.000805. The van der Waals surface area contributed by atoms with E-state index in [-0.39, 0.29) is 50.5 Å². The van der Waals surface area contributed by atoms with Crippen molar-refractivity contribution >= 4 is 67.9 Å². The molecule has 4 heterocycles. The lowest BCUT2D eigenvalue weighted by atomic mass is 9.69. The second-order valence-corrected chi connectivity index (χ2v) is 15.5. The van der Waals surface area contributed by atoms with Crippen LogP contribution < -0.4 is 15.3 Å². The Hall–Kier alpha value is -2.78. The van der Waals surface area contributed by atoms with E-state index in [2.05, 4.69) is 16.4 Å². The number of rotatable bonds is 5. The molecule has 10 nitrogen and oxygen atoms in total. The number of aromatic amines is 1. The topological polar surface area (TPSA) is 159 Å². The number of imide groups is 1. The fraction of sp³-hybridized carbons (Fsp3) is 0.385. The number of nitrogens with one attached hydrogen (secondary N) is 2. The maximum atomic E-state index is 13.8. The maximum absolute atomic E-state index is 13.8. The Bertz CT molecular complexity index is 1710. The second-order valence-electron chi connectivity index (χ2n) is 10.8. The number of amides is 3. The van der Waals surface area contributed by atoms with Gasteiger partial charge in [-0.3, -0.25) is 24.1 Å². The number of benzene rings is 1. The predicted octanol–water partition coefficient (Wildman–Crippen LogP) is 2.65. The van der Waals surface area contributed by atoms with Crippen LogP contribution in [0.1, 0.15) is 29.0 Å². The summed E-state index contributed by atoms with van der Waals surface area (Å²) in [7, 11) is -3.88. The molecule has 7 rings (SSSR count). The zero-order chi connectivity index (χ0) is 28.1. The summed E-state index contributed by atoms with van der Waals surface area (Å²) in [5.41, 5.74) is 0.324. The van der Waals surface area contributed by atoms with Crippen LogP contribution in [-0.4, -0.2) is 47.3 Å². The number of nitrogens with two attached hydrogens (primary N) is 1. The van der Waals surface area contributed by atoms with E-state index >= 15 is 0 Å². The van der Waals surface area contributed by atoms with Crippen molar-refractivity contribution in [2.75, 3.05) is 5.32 Å². The lowest BCUT2D eigenvalue weighted by molar-refractivity contribution is -0.146. The molecule has 3 amide bonds. The Balaban J connectivity index is 1.16. The van der Waals surface area contributed by atoms with E-state index in [9.17, 15) is 27.6 Å².